The minimum Gasteiger partial charge on any atom is -0.486 e. The Labute approximate surface area is 119 Å². The summed E-state index contributed by atoms with van der Waals surface area (Å²) in [5.41, 5.74) is 0.534. The maximum absolute atomic E-state index is 13.7. The van der Waals surface area contributed by atoms with Crippen LogP contribution < -0.4 is 9.88 Å². The zero-order valence-corrected chi connectivity index (χ0v) is 11.3. The molecule has 0 aromatic heterocycles. The lowest BCUT2D eigenvalue weighted by atomic mass is 10.2. The van der Waals surface area contributed by atoms with Crippen LogP contribution in [0, 0.1) is 17.5 Å². The first-order chi connectivity index (χ1) is 9.79. The highest BCUT2D eigenvalue weighted by Crippen LogP contribution is 2.25. The van der Waals surface area contributed by atoms with E-state index in [-0.39, 0.29) is 6.61 Å². The molecule has 0 unspecified atom stereocenters. The molecular weight excluding hydrogens is 307 g/mol. The maximum atomic E-state index is 13.7. The first-order valence-electron chi connectivity index (χ1n) is 5.67. The van der Waals surface area contributed by atoms with E-state index in [0.717, 1.165) is 12.1 Å². The summed E-state index contributed by atoms with van der Waals surface area (Å²) in [5.74, 6) is -3.96. The van der Waals surface area contributed by atoms with Crippen LogP contribution in [-0.4, -0.2) is 8.42 Å². The van der Waals surface area contributed by atoms with Crippen LogP contribution in [0.4, 0.5) is 13.2 Å². The Kier molecular flexibility index (Phi) is 4.19. The van der Waals surface area contributed by atoms with E-state index < -0.39 is 38.1 Å². The molecule has 0 aliphatic rings. The Morgan fingerprint density at radius 1 is 0.952 bits per heavy atom. The molecular formula is C13H10F3NO3S. The lowest BCUT2D eigenvalue weighted by Crippen LogP contribution is -2.15. The van der Waals surface area contributed by atoms with E-state index in [9.17, 15) is 21.6 Å². The van der Waals surface area contributed by atoms with Crippen LogP contribution >= 0.6 is 0 Å². The fourth-order valence-corrected chi connectivity index (χ4v) is 2.18. The maximum Gasteiger partial charge on any atom is 0.241 e. The molecule has 4 nitrogen and oxygen atoms in total. The smallest absolute Gasteiger partial charge is 0.241 e. The van der Waals surface area contributed by atoms with Crippen LogP contribution in [0.1, 0.15) is 5.56 Å². The van der Waals surface area contributed by atoms with E-state index in [1.54, 1.807) is 0 Å². The van der Waals surface area contributed by atoms with Crippen LogP contribution in [0.2, 0.25) is 0 Å². The van der Waals surface area contributed by atoms with Gasteiger partial charge in [-0.25, -0.2) is 22.3 Å². The van der Waals surface area contributed by atoms with Gasteiger partial charge >= 0.3 is 0 Å². The number of ether oxygens (including phenoxy) is 1. The third-order valence-corrected chi connectivity index (χ3v) is 3.55. The van der Waals surface area contributed by atoms with E-state index in [2.05, 4.69) is 0 Å². The first kappa shape index (κ1) is 15.3. The Balaban J connectivity index is 2.22. The van der Waals surface area contributed by atoms with Crippen molar-refractivity contribution in [1.82, 2.24) is 0 Å². The molecule has 0 atom stereocenters. The number of hydrogen-bond acceptors (Lipinski definition) is 3. The van der Waals surface area contributed by atoms with Gasteiger partial charge in [0.2, 0.25) is 15.8 Å². The topological polar surface area (TPSA) is 69.4 Å². The summed E-state index contributed by atoms with van der Waals surface area (Å²) in [6.07, 6.45) is 0. The molecule has 2 aromatic carbocycles. The molecule has 112 valence electrons. The van der Waals surface area contributed by atoms with Gasteiger partial charge in [0.15, 0.2) is 11.6 Å². The van der Waals surface area contributed by atoms with Crippen molar-refractivity contribution in [3.05, 3.63) is 59.4 Å². The highest BCUT2D eigenvalue weighted by atomic mass is 32.2. The number of benzene rings is 2. The normalized spacial score (nSPS) is 11.4. The van der Waals surface area contributed by atoms with Crippen molar-refractivity contribution in [3.8, 4) is 5.75 Å². The molecule has 0 spiro atoms. The molecule has 0 radical (unpaired) electrons. The zero-order valence-electron chi connectivity index (χ0n) is 10.5. The SMILES string of the molecule is NS(=O)(=O)c1ccc(OCc2ccc(F)cc2)c(F)c1F. The number of primary sulfonamides is 1. The van der Waals surface area contributed by atoms with Gasteiger partial charge in [0.1, 0.15) is 17.3 Å². The largest absolute Gasteiger partial charge is 0.486 e. The van der Waals surface area contributed by atoms with Gasteiger partial charge < -0.3 is 4.74 Å². The highest BCUT2D eigenvalue weighted by molar-refractivity contribution is 7.89. The third-order valence-electron chi connectivity index (χ3n) is 2.63. The van der Waals surface area contributed by atoms with Crippen molar-refractivity contribution in [3.63, 3.8) is 0 Å². The second-order valence-electron chi connectivity index (χ2n) is 4.15. The second-order valence-corrected chi connectivity index (χ2v) is 5.68. The van der Waals surface area contributed by atoms with Gasteiger partial charge in [-0.1, -0.05) is 12.1 Å². The number of sulfonamides is 1. The Hall–Kier alpha value is -2.06. The van der Waals surface area contributed by atoms with Gasteiger partial charge in [0.05, 0.1) is 0 Å². The van der Waals surface area contributed by atoms with Crippen LogP contribution in [0.25, 0.3) is 0 Å². The Morgan fingerprint density at radius 3 is 2.14 bits per heavy atom. The third kappa shape index (κ3) is 3.53. The molecule has 8 heteroatoms. The summed E-state index contributed by atoms with van der Waals surface area (Å²) in [7, 11) is -4.36. The molecule has 2 aromatic rings. The number of hydrogen-bond donors (Lipinski definition) is 1. The van der Waals surface area contributed by atoms with Gasteiger partial charge in [-0.3, -0.25) is 0 Å². The molecule has 0 aliphatic heterocycles. The highest BCUT2D eigenvalue weighted by Gasteiger charge is 2.21. The van der Waals surface area contributed by atoms with Crippen LogP contribution in [-0.2, 0) is 16.6 Å². The van der Waals surface area contributed by atoms with E-state index in [4.69, 9.17) is 9.88 Å². The van der Waals surface area contributed by atoms with Gasteiger partial charge in [-0.15, -0.1) is 0 Å². The second kappa shape index (κ2) is 5.74. The quantitative estimate of drug-likeness (QED) is 0.941. The molecule has 0 bridgehead atoms. The van der Waals surface area contributed by atoms with Crippen molar-refractivity contribution in [2.24, 2.45) is 5.14 Å². The Bertz CT molecular complexity index is 761. The predicted octanol–water partition coefficient (Wildman–Crippen LogP) is 2.33. The average molecular weight is 317 g/mol. The predicted molar refractivity (Wildman–Crippen MR) is 68.5 cm³/mol. The molecule has 0 fully saturated rings. The van der Waals surface area contributed by atoms with Crippen molar-refractivity contribution in [2.75, 3.05) is 0 Å². The molecule has 21 heavy (non-hydrogen) atoms. The van der Waals surface area contributed by atoms with E-state index in [1.165, 1.54) is 24.3 Å². The Morgan fingerprint density at radius 2 is 1.57 bits per heavy atom. The summed E-state index contributed by atoms with van der Waals surface area (Å²) in [4.78, 5) is -0.950. The summed E-state index contributed by atoms with van der Waals surface area (Å²) in [5, 5.41) is 4.74. The minimum atomic E-state index is -4.36. The first-order valence-corrected chi connectivity index (χ1v) is 7.21. The van der Waals surface area contributed by atoms with E-state index in [1.807, 2.05) is 0 Å². The van der Waals surface area contributed by atoms with Gasteiger partial charge in [-0.2, -0.15) is 4.39 Å². The summed E-state index contributed by atoms with van der Waals surface area (Å²) in [6.45, 7) is -0.134. The number of halogens is 3. The monoisotopic (exact) mass is 317 g/mol. The molecule has 2 rings (SSSR count). The minimum absolute atomic E-state index is 0.134. The van der Waals surface area contributed by atoms with E-state index in [0.29, 0.717) is 5.56 Å². The fraction of sp³-hybridized carbons (Fsp3) is 0.0769. The molecule has 2 N–H and O–H groups in total. The lowest BCUT2D eigenvalue weighted by molar-refractivity contribution is 0.283. The number of rotatable bonds is 4. The molecule has 0 amide bonds. The average Bonchev–Trinajstić information content (AvgIpc) is 2.41. The van der Waals surface area contributed by atoms with Crippen LogP contribution in [0.15, 0.2) is 41.3 Å². The molecule has 0 saturated heterocycles. The zero-order chi connectivity index (χ0) is 15.6. The molecule has 0 saturated carbocycles. The van der Waals surface area contributed by atoms with Gasteiger partial charge in [-0.05, 0) is 29.8 Å². The lowest BCUT2D eigenvalue weighted by Gasteiger charge is -2.09. The van der Waals surface area contributed by atoms with Gasteiger partial charge in [0.25, 0.3) is 0 Å². The molecule has 0 aliphatic carbocycles. The van der Waals surface area contributed by atoms with Gasteiger partial charge in [0, 0.05) is 0 Å². The fourth-order valence-electron chi connectivity index (χ4n) is 1.59. The summed E-state index contributed by atoms with van der Waals surface area (Å²) < 4.78 is 67.0. The summed E-state index contributed by atoms with van der Waals surface area (Å²) >= 11 is 0. The van der Waals surface area contributed by atoms with Crippen LogP contribution in [0.5, 0.6) is 5.75 Å². The van der Waals surface area contributed by atoms with Crippen molar-refractivity contribution in [1.29, 1.82) is 0 Å². The summed E-state index contributed by atoms with van der Waals surface area (Å²) in [6, 6.07) is 7.00. The van der Waals surface area contributed by atoms with Crippen molar-refractivity contribution < 1.29 is 26.3 Å². The van der Waals surface area contributed by atoms with Crippen molar-refractivity contribution >= 4 is 10.0 Å². The molecule has 0 heterocycles. The van der Waals surface area contributed by atoms with Crippen molar-refractivity contribution in [2.45, 2.75) is 11.5 Å². The standard InChI is InChI=1S/C13H10F3NO3S/c14-9-3-1-8(2-4-9)7-20-10-5-6-11(21(17,18)19)13(16)12(10)15/h1-6H,7H2,(H2,17,18,19). The van der Waals surface area contributed by atoms with Crippen LogP contribution in [0.3, 0.4) is 0 Å². The number of nitrogens with two attached hydrogens (primary N) is 1. The van der Waals surface area contributed by atoms with E-state index >= 15 is 0 Å².